The molecule has 0 fully saturated rings. The summed E-state index contributed by atoms with van der Waals surface area (Å²) in [5.41, 5.74) is 2.22. The van der Waals surface area contributed by atoms with Crippen molar-refractivity contribution in [2.24, 2.45) is 0 Å². The maximum absolute atomic E-state index is 5.67. The highest BCUT2D eigenvalue weighted by Crippen LogP contribution is 2.25. The highest BCUT2D eigenvalue weighted by molar-refractivity contribution is 7.13. The molecule has 0 aliphatic heterocycles. The molecular formula is C15H20N2OS. The Kier molecular flexibility index (Phi) is 5.36. The molecule has 0 aliphatic rings. The quantitative estimate of drug-likeness (QED) is 0.786. The average Bonchev–Trinajstić information content (AvgIpc) is 2.86. The molecule has 4 heteroatoms. The highest BCUT2D eigenvalue weighted by Gasteiger charge is 2.02. The maximum Gasteiger partial charge on any atom is 0.123 e. The number of rotatable bonds is 7. The summed E-state index contributed by atoms with van der Waals surface area (Å²) >= 11 is 1.67. The molecule has 0 spiro atoms. The second-order valence-electron chi connectivity index (χ2n) is 4.42. The summed E-state index contributed by atoms with van der Waals surface area (Å²) in [5, 5.41) is 6.44. The van der Waals surface area contributed by atoms with Crippen molar-refractivity contribution in [2.75, 3.05) is 19.7 Å². The lowest BCUT2D eigenvalue weighted by molar-refractivity contribution is 0.314. The molecule has 0 radical (unpaired) electrons. The number of hydrogen-bond donors (Lipinski definition) is 1. The van der Waals surface area contributed by atoms with Crippen molar-refractivity contribution < 1.29 is 4.74 Å². The van der Waals surface area contributed by atoms with Gasteiger partial charge < -0.3 is 10.1 Å². The molecule has 1 heterocycles. The second kappa shape index (κ2) is 7.26. The number of benzene rings is 1. The molecular weight excluding hydrogens is 256 g/mol. The van der Waals surface area contributed by atoms with Gasteiger partial charge in [-0.05, 0) is 44.2 Å². The predicted molar refractivity (Wildman–Crippen MR) is 80.9 cm³/mol. The zero-order chi connectivity index (χ0) is 13.5. The van der Waals surface area contributed by atoms with Crippen LogP contribution in [0.1, 0.15) is 19.0 Å². The molecule has 0 bridgehead atoms. The zero-order valence-electron chi connectivity index (χ0n) is 11.5. The van der Waals surface area contributed by atoms with Crippen molar-refractivity contribution in [1.29, 1.82) is 0 Å². The molecule has 0 atom stereocenters. The van der Waals surface area contributed by atoms with Gasteiger partial charge in [0.25, 0.3) is 0 Å². The van der Waals surface area contributed by atoms with Crippen molar-refractivity contribution in [2.45, 2.75) is 20.3 Å². The molecule has 102 valence electrons. The number of aryl methyl sites for hydroxylation is 1. The normalized spacial score (nSPS) is 10.6. The van der Waals surface area contributed by atoms with Crippen LogP contribution in [0.15, 0.2) is 29.6 Å². The van der Waals surface area contributed by atoms with E-state index in [0.29, 0.717) is 6.61 Å². The summed E-state index contributed by atoms with van der Waals surface area (Å²) in [6.45, 7) is 6.82. The number of ether oxygens (including phenoxy) is 1. The number of nitrogens with zero attached hydrogens (tertiary/aromatic N) is 1. The van der Waals surface area contributed by atoms with E-state index in [9.17, 15) is 0 Å². The summed E-state index contributed by atoms with van der Waals surface area (Å²) in [6.07, 6.45) is 1.15. The monoisotopic (exact) mass is 276 g/mol. The van der Waals surface area contributed by atoms with Crippen LogP contribution in [0, 0.1) is 6.92 Å². The van der Waals surface area contributed by atoms with Gasteiger partial charge in [0.15, 0.2) is 0 Å². The van der Waals surface area contributed by atoms with Crippen molar-refractivity contribution >= 4 is 11.3 Å². The Morgan fingerprint density at radius 1 is 1.21 bits per heavy atom. The van der Waals surface area contributed by atoms with Gasteiger partial charge in [-0.25, -0.2) is 4.98 Å². The number of hydrogen-bond acceptors (Lipinski definition) is 4. The number of thiazole rings is 1. The van der Waals surface area contributed by atoms with E-state index in [1.54, 1.807) is 11.3 Å². The average molecular weight is 276 g/mol. The molecule has 1 aromatic carbocycles. The van der Waals surface area contributed by atoms with Crippen LogP contribution >= 0.6 is 11.3 Å². The fourth-order valence-corrected chi connectivity index (χ4v) is 2.53. The second-order valence-corrected chi connectivity index (χ2v) is 5.27. The largest absolute Gasteiger partial charge is 0.492 e. The molecule has 3 nitrogen and oxygen atoms in total. The van der Waals surface area contributed by atoms with Gasteiger partial charge in [0.05, 0.1) is 0 Å². The van der Waals surface area contributed by atoms with Crippen molar-refractivity contribution in [3.63, 3.8) is 0 Å². The third-order valence-corrected chi connectivity index (χ3v) is 3.70. The lowest BCUT2D eigenvalue weighted by Crippen LogP contribution is -2.21. The van der Waals surface area contributed by atoms with E-state index in [1.165, 1.54) is 0 Å². The fourth-order valence-electron chi connectivity index (χ4n) is 1.72. The van der Waals surface area contributed by atoms with Crippen LogP contribution < -0.4 is 10.1 Å². The van der Waals surface area contributed by atoms with Gasteiger partial charge in [0, 0.05) is 23.2 Å². The Balaban J connectivity index is 1.85. The standard InChI is InChI=1S/C15H20N2OS/c1-3-8-16-9-10-18-14-6-4-13(5-7-14)15-17-12(2)11-19-15/h4-7,11,16H,3,8-10H2,1-2H3. The first kappa shape index (κ1) is 14.0. The number of aromatic nitrogens is 1. The van der Waals surface area contributed by atoms with Crippen molar-refractivity contribution in [1.82, 2.24) is 10.3 Å². The van der Waals surface area contributed by atoms with E-state index in [4.69, 9.17) is 4.74 Å². The van der Waals surface area contributed by atoms with Crippen LogP contribution in [-0.4, -0.2) is 24.7 Å². The summed E-state index contributed by atoms with van der Waals surface area (Å²) in [7, 11) is 0. The first-order valence-corrected chi connectivity index (χ1v) is 7.53. The van der Waals surface area contributed by atoms with E-state index >= 15 is 0 Å². The van der Waals surface area contributed by atoms with Crippen LogP contribution in [-0.2, 0) is 0 Å². The highest BCUT2D eigenvalue weighted by atomic mass is 32.1. The molecule has 0 unspecified atom stereocenters. The third-order valence-electron chi connectivity index (χ3n) is 2.69. The first-order chi connectivity index (χ1) is 9.29. The Bertz CT molecular complexity index is 493. The Morgan fingerprint density at radius 3 is 2.63 bits per heavy atom. The smallest absolute Gasteiger partial charge is 0.123 e. The Hall–Kier alpha value is -1.39. The van der Waals surface area contributed by atoms with E-state index in [0.717, 1.165) is 41.5 Å². The first-order valence-electron chi connectivity index (χ1n) is 6.65. The molecule has 0 amide bonds. The summed E-state index contributed by atoms with van der Waals surface area (Å²) in [6, 6.07) is 8.14. The van der Waals surface area contributed by atoms with Crippen LogP contribution in [0.25, 0.3) is 10.6 Å². The summed E-state index contributed by atoms with van der Waals surface area (Å²) < 4.78 is 5.67. The van der Waals surface area contributed by atoms with Crippen LogP contribution in [0.4, 0.5) is 0 Å². The fraction of sp³-hybridized carbons (Fsp3) is 0.400. The van der Waals surface area contributed by atoms with E-state index in [-0.39, 0.29) is 0 Å². The third kappa shape index (κ3) is 4.33. The van der Waals surface area contributed by atoms with Crippen LogP contribution in [0.5, 0.6) is 5.75 Å². The lowest BCUT2D eigenvalue weighted by atomic mass is 10.2. The molecule has 2 rings (SSSR count). The van der Waals surface area contributed by atoms with E-state index < -0.39 is 0 Å². The van der Waals surface area contributed by atoms with Crippen molar-refractivity contribution in [3.8, 4) is 16.3 Å². The zero-order valence-corrected chi connectivity index (χ0v) is 12.3. The maximum atomic E-state index is 5.67. The van der Waals surface area contributed by atoms with Gasteiger partial charge >= 0.3 is 0 Å². The molecule has 19 heavy (non-hydrogen) atoms. The molecule has 2 aromatic rings. The minimum Gasteiger partial charge on any atom is -0.492 e. The topological polar surface area (TPSA) is 34.1 Å². The van der Waals surface area contributed by atoms with E-state index in [2.05, 4.69) is 34.7 Å². The van der Waals surface area contributed by atoms with Gasteiger partial charge in [-0.2, -0.15) is 0 Å². The minimum absolute atomic E-state index is 0.704. The summed E-state index contributed by atoms with van der Waals surface area (Å²) in [4.78, 5) is 4.47. The lowest BCUT2D eigenvalue weighted by Gasteiger charge is -2.07. The number of nitrogens with one attached hydrogen (secondary N) is 1. The molecule has 0 saturated heterocycles. The molecule has 0 saturated carbocycles. The van der Waals surface area contributed by atoms with Gasteiger partial charge in [0.2, 0.25) is 0 Å². The van der Waals surface area contributed by atoms with Gasteiger partial charge in [-0.3, -0.25) is 0 Å². The molecule has 1 N–H and O–H groups in total. The Morgan fingerprint density at radius 2 is 2.00 bits per heavy atom. The molecule has 1 aromatic heterocycles. The van der Waals surface area contributed by atoms with Gasteiger partial charge in [0.1, 0.15) is 17.4 Å². The van der Waals surface area contributed by atoms with Crippen LogP contribution in [0.3, 0.4) is 0 Å². The molecule has 0 aliphatic carbocycles. The van der Waals surface area contributed by atoms with Gasteiger partial charge in [-0.15, -0.1) is 11.3 Å². The van der Waals surface area contributed by atoms with Crippen LogP contribution in [0.2, 0.25) is 0 Å². The predicted octanol–water partition coefficient (Wildman–Crippen LogP) is 3.50. The minimum atomic E-state index is 0.704. The van der Waals surface area contributed by atoms with Gasteiger partial charge in [-0.1, -0.05) is 6.92 Å². The Labute approximate surface area is 118 Å². The van der Waals surface area contributed by atoms with Crippen molar-refractivity contribution in [3.05, 3.63) is 35.3 Å². The van der Waals surface area contributed by atoms with E-state index in [1.807, 2.05) is 19.1 Å². The summed E-state index contributed by atoms with van der Waals surface area (Å²) in [5.74, 6) is 0.912. The SMILES string of the molecule is CCCNCCOc1ccc(-c2nc(C)cs2)cc1.